The minimum Gasteiger partial charge on any atom is -0.303 e. The van der Waals surface area contributed by atoms with E-state index in [9.17, 15) is 4.79 Å². The Morgan fingerprint density at radius 3 is 2.79 bits per heavy atom. The molecule has 7 heteroatoms. The van der Waals surface area contributed by atoms with Crippen LogP contribution in [0.15, 0.2) is 30.5 Å². The predicted octanol–water partition coefficient (Wildman–Crippen LogP) is 1.70. The summed E-state index contributed by atoms with van der Waals surface area (Å²) in [6, 6.07) is 7.29. The highest BCUT2D eigenvalue weighted by molar-refractivity contribution is 6.30. The first-order valence-electron chi connectivity index (χ1n) is 5.68. The van der Waals surface area contributed by atoms with Gasteiger partial charge in [0.2, 0.25) is 0 Å². The van der Waals surface area contributed by atoms with E-state index in [0.29, 0.717) is 29.6 Å². The van der Waals surface area contributed by atoms with Crippen LogP contribution in [-0.2, 0) is 4.79 Å². The molecule has 19 heavy (non-hydrogen) atoms. The Kier molecular flexibility index (Phi) is 4.77. The van der Waals surface area contributed by atoms with Crippen LogP contribution in [0.2, 0.25) is 5.02 Å². The maximum Gasteiger partial charge on any atom is 0.257 e. The number of aromatic nitrogens is 3. The number of hydrogen-bond acceptors (Lipinski definition) is 6. The van der Waals surface area contributed by atoms with Crippen LogP contribution in [0.3, 0.4) is 0 Å². The molecule has 2 aromatic rings. The van der Waals surface area contributed by atoms with Gasteiger partial charge in [-0.15, -0.1) is 5.10 Å². The Bertz CT molecular complexity index is 546. The Morgan fingerprint density at radius 2 is 2.05 bits per heavy atom. The third-order valence-electron chi connectivity index (χ3n) is 2.29. The molecule has 1 aromatic heterocycles. The van der Waals surface area contributed by atoms with Gasteiger partial charge in [0.1, 0.15) is 6.29 Å². The van der Waals surface area contributed by atoms with Crippen LogP contribution in [0.5, 0.6) is 0 Å². The predicted molar refractivity (Wildman–Crippen MR) is 72.6 cm³/mol. The van der Waals surface area contributed by atoms with Crippen molar-refractivity contribution >= 4 is 23.8 Å². The lowest BCUT2D eigenvalue weighted by Crippen LogP contribution is -2.24. The molecule has 6 nitrogen and oxygen atoms in total. The lowest BCUT2D eigenvalue weighted by atomic mass is 10.2. The van der Waals surface area contributed by atoms with E-state index < -0.39 is 0 Å². The summed E-state index contributed by atoms with van der Waals surface area (Å²) in [5, 5.41) is 8.36. The zero-order valence-electron chi connectivity index (χ0n) is 10.0. The van der Waals surface area contributed by atoms with E-state index in [1.54, 1.807) is 18.3 Å². The molecule has 0 amide bonds. The van der Waals surface area contributed by atoms with Crippen LogP contribution >= 0.6 is 11.6 Å². The second-order valence-electron chi connectivity index (χ2n) is 3.68. The fourth-order valence-electron chi connectivity index (χ4n) is 1.39. The summed E-state index contributed by atoms with van der Waals surface area (Å²) in [6.45, 7) is 0.498. The smallest absolute Gasteiger partial charge is 0.257 e. The van der Waals surface area contributed by atoms with Crippen molar-refractivity contribution in [1.29, 1.82) is 0 Å². The van der Waals surface area contributed by atoms with Crippen molar-refractivity contribution in [3.05, 3.63) is 35.5 Å². The van der Waals surface area contributed by atoms with Gasteiger partial charge in [-0.05, 0) is 12.1 Å². The van der Waals surface area contributed by atoms with Crippen LogP contribution in [0.25, 0.3) is 11.3 Å². The summed E-state index contributed by atoms with van der Waals surface area (Å²) < 4.78 is 0. The van der Waals surface area contributed by atoms with E-state index in [2.05, 4.69) is 26.0 Å². The Labute approximate surface area is 115 Å². The van der Waals surface area contributed by atoms with Gasteiger partial charge in [-0.1, -0.05) is 23.7 Å². The van der Waals surface area contributed by atoms with Crippen molar-refractivity contribution in [2.45, 2.75) is 6.42 Å². The van der Waals surface area contributed by atoms with E-state index in [-0.39, 0.29) is 0 Å². The van der Waals surface area contributed by atoms with Crippen LogP contribution in [-0.4, -0.2) is 28.0 Å². The standard InChI is InChI=1S/C12H12ClN5O/c13-10-4-2-9(3-5-10)11-8-15-18-12(16-11)17-14-6-1-7-19/h2-5,7-8,14H,1,6H2,(H,16,17,18). The summed E-state index contributed by atoms with van der Waals surface area (Å²) in [5.74, 6) is 0.346. The van der Waals surface area contributed by atoms with Gasteiger partial charge < -0.3 is 4.79 Å². The van der Waals surface area contributed by atoms with Crippen LogP contribution < -0.4 is 10.9 Å². The number of hydrazine groups is 1. The highest BCUT2D eigenvalue weighted by Gasteiger charge is 2.02. The quantitative estimate of drug-likeness (QED) is 0.475. The van der Waals surface area contributed by atoms with Gasteiger partial charge in [0.25, 0.3) is 5.95 Å². The summed E-state index contributed by atoms with van der Waals surface area (Å²) in [5.41, 5.74) is 7.19. The molecule has 1 heterocycles. The number of hydrogen-bond donors (Lipinski definition) is 2. The SMILES string of the molecule is O=CCCNNc1nncc(-c2ccc(Cl)cc2)n1. The minimum absolute atomic E-state index is 0.346. The molecule has 2 N–H and O–H groups in total. The highest BCUT2D eigenvalue weighted by atomic mass is 35.5. The maximum absolute atomic E-state index is 10.2. The fraction of sp³-hybridized carbons (Fsp3) is 0.167. The topological polar surface area (TPSA) is 79.8 Å². The zero-order valence-corrected chi connectivity index (χ0v) is 10.8. The highest BCUT2D eigenvalue weighted by Crippen LogP contribution is 2.19. The fourth-order valence-corrected chi connectivity index (χ4v) is 1.51. The van der Waals surface area contributed by atoms with Crippen molar-refractivity contribution < 1.29 is 4.79 Å². The van der Waals surface area contributed by atoms with Gasteiger partial charge in [0.15, 0.2) is 0 Å². The molecule has 0 spiro atoms. The third-order valence-corrected chi connectivity index (χ3v) is 2.54. The van der Waals surface area contributed by atoms with E-state index >= 15 is 0 Å². The average Bonchev–Trinajstić information content (AvgIpc) is 2.45. The van der Waals surface area contributed by atoms with Crippen molar-refractivity contribution in [3.63, 3.8) is 0 Å². The Balaban J connectivity index is 2.06. The van der Waals surface area contributed by atoms with Crippen molar-refractivity contribution in [3.8, 4) is 11.3 Å². The molecule has 0 aliphatic rings. The second kappa shape index (κ2) is 6.77. The number of halogens is 1. The third kappa shape index (κ3) is 3.97. The molecule has 0 bridgehead atoms. The van der Waals surface area contributed by atoms with Gasteiger partial charge in [0.05, 0.1) is 11.9 Å². The van der Waals surface area contributed by atoms with E-state index in [1.807, 2.05) is 12.1 Å². The first-order chi connectivity index (χ1) is 9.29. The average molecular weight is 278 g/mol. The van der Waals surface area contributed by atoms with Crippen LogP contribution in [0, 0.1) is 0 Å². The molecule has 2 rings (SSSR count). The van der Waals surface area contributed by atoms with Crippen molar-refractivity contribution in [2.75, 3.05) is 12.0 Å². The number of nitrogens with one attached hydrogen (secondary N) is 2. The Morgan fingerprint density at radius 1 is 1.26 bits per heavy atom. The summed E-state index contributed by atoms with van der Waals surface area (Å²) in [7, 11) is 0. The number of anilines is 1. The number of nitrogens with zero attached hydrogens (tertiary/aromatic N) is 3. The molecule has 0 fully saturated rings. The molecular weight excluding hydrogens is 266 g/mol. The molecular formula is C12H12ClN5O. The molecule has 0 atom stereocenters. The molecule has 0 aliphatic heterocycles. The zero-order chi connectivity index (χ0) is 13.5. The van der Waals surface area contributed by atoms with E-state index in [4.69, 9.17) is 11.6 Å². The lowest BCUT2D eigenvalue weighted by molar-refractivity contribution is -0.107. The van der Waals surface area contributed by atoms with Crippen LogP contribution in [0.1, 0.15) is 6.42 Å². The molecule has 0 saturated heterocycles. The number of benzene rings is 1. The number of rotatable bonds is 6. The summed E-state index contributed by atoms with van der Waals surface area (Å²) >= 11 is 5.83. The molecule has 98 valence electrons. The lowest BCUT2D eigenvalue weighted by Gasteiger charge is -2.06. The second-order valence-corrected chi connectivity index (χ2v) is 4.12. The Hall–Kier alpha value is -2.05. The number of carbonyl (C=O) groups is 1. The number of carbonyl (C=O) groups excluding carboxylic acids is 1. The molecule has 0 saturated carbocycles. The first-order valence-corrected chi connectivity index (χ1v) is 6.05. The molecule has 0 radical (unpaired) electrons. The molecule has 1 aromatic carbocycles. The van der Waals surface area contributed by atoms with Crippen molar-refractivity contribution in [1.82, 2.24) is 20.6 Å². The van der Waals surface area contributed by atoms with Gasteiger partial charge in [-0.3, -0.25) is 5.43 Å². The van der Waals surface area contributed by atoms with Gasteiger partial charge in [-0.2, -0.15) is 5.10 Å². The van der Waals surface area contributed by atoms with Crippen molar-refractivity contribution in [2.24, 2.45) is 0 Å². The normalized spacial score (nSPS) is 10.2. The number of aldehydes is 1. The molecule has 0 unspecified atom stereocenters. The summed E-state index contributed by atoms with van der Waals surface area (Å²) in [6.07, 6.45) is 2.81. The summed E-state index contributed by atoms with van der Waals surface area (Å²) in [4.78, 5) is 14.5. The van der Waals surface area contributed by atoms with Crippen LogP contribution in [0.4, 0.5) is 5.95 Å². The minimum atomic E-state index is 0.346. The largest absolute Gasteiger partial charge is 0.303 e. The van der Waals surface area contributed by atoms with E-state index in [1.165, 1.54) is 0 Å². The van der Waals surface area contributed by atoms with E-state index in [0.717, 1.165) is 11.8 Å². The van der Waals surface area contributed by atoms with Gasteiger partial charge in [-0.25, -0.2) is 10.4 Å². The first kappa shape index (κ1) is 13.4. The maximum atomic E-state index is 10.2. The van der Waals surface area contributed by atoms with Gasteiger partial charge >= 0.3 is 0 Å². The monoisotopic (exact) mass is 277 g/mol. The molecule has 0 aliphatic carbocycles. The van der Waals surface area contributed by atoms with Gasteiger partial charge in [0, 0.05) is 23.6 Å².